The van der Waals surface area contributed by atoms with E-state index in [0.717, 1.165) is 28.3 Å². The highest BCUT2D eigenvalue weighted by Gasteiger charge is 2.45. The number of ether oxygens (including phenoxy) is 2. The Morgan fingerprint density at radius 3 is 2.50 bits per heavy atom. The van der Waals surface area contributed by atoms with E-state index in [0.29, 0.717) is 0 Å². The van der Waals surface area contributed by atoms with E-state index in [4.69, 9.17) is 9.47 Å². The van der Waals surface area contributed by atoms with Crippen molar-refractivity contribution in [2.24, 2.45) is 0 Å². The van der Waals surface area contributed by atoms with Crippen LogP contribution in [-0.2, 0) is 5.72 Å². The van der Waals surface area contributed by atoms with Crippen LogP contribution in [0.5, 0.6) is 11.5 Å². The van der Waals surface area contributed by atoms with Crippen molar-refractivity contribution in [2.45, 2.75) is 5.72 Å². The van der Waals surface area contributed by atoms with Gasteiger partial charge in [-0.25, -0.2) is 0 Å². The number of para-hydroxylation sites is 2. The molecule has 26 heavy (non-hydrogen) atoms. The van der Waals surface area contributed by atoms with E-state index in [-0.39, 0.29) is 0 Å². The highest BCUT2D eigenvalue weighted by Crippen LogP contribution is 2.51. The minimum atomic E-state index is -0.702. The van der Waals surface area contributed by atoms with E-state index >= 15 is 0 Å². The molecule has 0 aromatic heterocycles. The summed E-state index contributed by atoms with van der Waals surface area (Å²) in [6.45, 7) is 0. The lowest BCUT2D eigenvalue weighted by Gasteiger charge is -2.47. The molecule has 3 aromatic carbocycles. The fourth-order valence-corrected chi connectivity index (χ4v) is 4.04. The first-order chi connectivity index (χ1) is 12.7. The summed E-state index contributed by atoms with van der Waals surface area (Å²) in [7, 11) is 3.76. The van der Waals surface area contributed by atoms with Crippen molar-refractivity contribution in [3.8, 4) is 22.6 Å². The van der Waals surface area contributed by atoms with Crippen LogP contribution in [-0.4, -0.2) is 14.2 Å². The maximum absolute atomic E-state index is 6.69. The molecule has 0 amide bonds. The summed E-state index contributed by atoms with van der Waals surface area (Å²) in [5.74, 6) is 1.52. The molecule has 3 aromatic rings. The Balaban J connectivity index is 1.78. The highest BCUT2D eigenvalue weighted by atomic mass is 16.5. The van der Waals surface area contributed by atoms with Crippen LogP contribution in [0.1, 0.15) is 11.1 Å². The topological polar surface area (TPSA) is 21.7 Å². The number of nitrogens with zero attached hydrogens (tertiary/aromatic N) is 1. The molecular formula is C23H19NO2. The Labute approximate surface area is 153 Å². The molecular weight excluding hydrogens is 322 g/mol. The molecule has 0 N–H and O–H groups in total. The van der Waals surface area contributed by atoms with Gasteiger partial charge in [0.1, 0.15) is 0 Å². The number of rotatable bonds is 1. The van der Waals surface area contributed by atoms with Crippen LogP contribution in [0.2, 0.25) is 0 Å². The molecule has 2 heterocycles. The molecule has 2 aliphatic rings. The van der Waals surface area contributed by atoms with Gasteiger partial charge in [-0.1, -0.05) is 54.6 Å². The summed E-state index contributed by atoms with van der Waals surface area (Å²) >= 11 is 0. The second-order valence-electron chi connectivity index (χ2n) is 6.63. The van der Waals surface area contributed by atoms with Crippen LogP contribution >= 0.6 is 0 Å². The van der Waals surface area contributed by atoms with Gasteiger partial charge in [0.2, 0.25) is 5.72 Å². The summed E-state index contributed by atoms with van der Waals surface area (Å²) in [5.41, 5.74) is 5.03. The van der Waals surface area contributed by atoms with Crippen molar-refractivity contribution in [3.63, 3.8) is 0 Å². The number of anilines is 1. The summed E-state index contributed by atoms with van der Waals surface area (Å²) in [5, 5.41) is 0. The summed E-state index contributed by atoms with van der Waals surface area (Å²) in [6, 6.07) is 22.9. The number of fused-ring (bicyclic) bond motifs is 5. The fraction of sp³-hybridized carbons (Fsp3) is 0.130. The van der Waals surface area contributed by atoms with Gasteiger partial charge in [0.25, 0.3) is 0 Å². The monoisotopic (exact) mass is 341 g/mol. The predicted octanol–water partition coefficient (Wildman–Crippen LogP) is 5.07. The lowest BCUT2D eigenvalue weighted by molar-refractivity contribution is 0.111. The van der Waals surface area contributed by atoms with Crippen LogP contribution in [0.4, 0.5) is 5.69 Å². The first-order valence-electron chi connectivity index (χ1n) is 8.72. The van der Waals surface area contributed by atoms with Gasteiger partial charge < -0.3 is 14.4 Å². The molecule has 2 aliphatic heterocycles. The molecule has 0 saturated carbocycles. The number of hydrogen-bond donors (Lipinski definition) is 0. The minimum absolute atomic E-state index is 0.702. The quantitative estimate of drug-likeness (QED) is 0.617. The molecule has 0 bridgehead atoms. The van der Waals surface area contributed by atoms with Gasteiger partial charge in [0.05, 0.1) is 7.11 Å². The van der Waals surface area contributed by atoms with Gasteiger partial charge in [-0.05, 0) is 29.8 Å². The Bertz CT molecular complexity index is 1040. The van der Waals surface area contributed by atoms with Crippen LogP contribution in [0.25, 0.3) is 17.2 Å². The average molecular weight is 341 g/mol. The number of likely N-dealkylation sites (N-methyl/N-ethyl adjacent to an activating group) is 1. The van der Waals surface area contributed by atoms with E-state index in [2.05, 4.69) is 72.6 Å². The van der Waals surface area contributed by atoms with Crippen molar-refractivity contribution >= 4 is 11.8 Å². The third-order valence-electron chi connectivity index (χ3n) is 5.34. The zero-order chi connectivity index (χ0) is 17.7. The summed E-state index contributed by atoms with van der Waals surface area (Å²) in [4.78, 5) is 2.20. The van der Waals surface area contributed by atoms with Gasteiger partial charge in [0, 0.05) is 29.4 Å². The molecule has 5 rings (SSSR count). The lowest BCUT2D eigenvalue weighted by Crippen LogP contribution is -2.50. The normalized spacial score (nSPS) is 19.4. The summed E-state index contributed by atoms with van der Waals surface area (Å²) < 4.78 is 12.3. The van der Waals surface area contributed by atoms with Crippen LogP contribution in [0, 0.1) is 0 Å². The maximum atomic E-state index is 6.69. The van der Waals surface area contributed by atoms with E-state index < -0.39 is 5.72 Å². The molecule has 0 radical (unpaired) electrons. The fourth-order valence-electron chi connectivity index (χ4n) is 4.04. The van der Waals surface area contributed by atoms with Crippen molar-refractivity contribution in [1.29, 1.82) is 0 Å². The van der Waals surface area contributed by atoms with Crippen molar-refractivity contribution in [1.82, 2.24) is 0 Å². The number of benzene rings is 3. The zero-order valence-corrected chi connectivity index (χ0v) is 14.8. The first-order valence-corrected chi connectivity index (χ1v) is 8.72. The smallest absolute Gasteiger partial charge is 0.229 e. The predicted molar refractivity (Wildman–Crippen MR) is 105 cm³/mol. The minimum Gasteiger partial charge on any atom is -0.493 e. The molecule has 0 unspecified atom stereocenters. The standard InChI is InChI=1S/C23H19NO2/c1-24-20-12-6-4-10-18(20)17-9-3-5-11-19(17)23(24)15-14-16-8-7-13-21(25-2)22(16)26-23/h3-15H,1-2H3/t23-/m0/s1. The van der Waals surface area contributed by atoms with E-state index in [1.54, 1.807) is 7.11 Å². The SMILES string of the molecule is COc1cccc2c1O[C@@]1(C=C2)c2ccccc2-c2ccccc2N1C. The molecule has 3 heteroatoms. The third kappa shape index (κ3) is 1.88. The first kappa shape index (κ1) is 15.1. The lowest BCUT2D eigenvalue weighted by atomic mass is 9.84. The second kappa shape index (κ2) is 5.40. The molecule has 0 saturated heterocycles. The summed E-state index contributed by atoms with van der Waals surface area (Å²) in [6.07, 6.45) is 4.27. The van der Waals surface area contributed by atoms with Crippen molar-refractivity contribution in [2.75, 3.05) is 19.1 Å². The maximum Gasteiger partial charge on any atom is 0.229 e. The van der Waals surface area contributed by atoms with Crippen molar-refractivity contribution in [3.05, 3.63) is 83.9 Å². The molecule has 1 spiro atoms. The van der Waals surface area contributed by atoms with Crippen molar-refractivity contribution < 1.29 is 9.47 Å². The second-order valence-corrected chi connectivity index (χ2v) is 6.63. The van der Waals surface area contributed by atoms with E-state index in [1.165, 1.54) is 11.1 Å². The Morgan fingerprint density at radius 2 is 1.65 bits per heavy atom. The largest absolute Gasteiger partial charge is 0.493 e. The molecule has 0 fully saturated rings. The molecule has 128 valence electrons. The Morgan fingerprint density at radius 1 is 0.885 bits per heavy atom. The number of hydrogen-bond acceptors (Lipinski definition) is 3. The Hall–Kier alpha value is -3.20. The molecule has 1 atom stereocenters. The van der Waals surface area contributed by atoms with E-state index in [9.17, 15) is 0 Å². The van der Waals surface area contributed by atoms with Gasteiger partial charge in [-0.2, -0.15) is 0 Å². The Kier molecular flexibility index (Phi) is 3.13. The van der Waals surface area contributed by atoms with Gasteiger partial charge in [-0.3, -0.25) is 0 Å². The van der Waals surface area contributed by atoms with E-state index in [1.807, 2.05) is 18.2 Å². The zero-order valence-electron chi connectivity index (χ0n) is 14.8. The van der Waals surface area contributed by atoms with Gasteiger partial charge in [0.15, 0.2) is 11.5 Å². The molecule has 3 nitrogen and oxygen atoms in total. The van der Waals surface area contributed by atoms with Gasteiger partial charge >= 0.3 is 0 Å². The number of methoxy groups -OCH3 is 1. The highest BCUT2D eigenvalue weighted by molar-refractivity contribution is 5.87. The average Bonchev–Trinajstić information content (AvgIpc) is 2.71. The van der Waals surface area contributed by atoms with Gasteiger partial charge in [-0.15, -0.1) is 0 Å². The van der Waals surface area contributed by atoms with Crippen LogP contribution in [0.15, 0.2) is 72.8 Å². The van der Waals surface area contributed by atoms with Crippen LogP contribution in [0.3, 0.4) is 0 Å². The third-order valence-corrected chi connectivity index (χ3v) is 5.34. The molecule has 0 aliphatic carbocycles. The van der Waals surface area contributed by atoms with Crippen LogP contribution < -0.4 is 14.4 Å².